The topological polar surface area (TPSA) is 87.0 Å². The van der Waals surface area contributed by atoms with Crippen LogP contribution in [0.25, 0.3) is 0 Å². The van der Waals surface area contributed by atoms with Gasteiger partial charge in [-0.05, 0) is 56.3 Å². The van der Waals surface area contributed by atoms with Gasteiger partial charge in [-0.3, -0.25) is 4.79 Å². The highest BCUT2D eigenvalue weighted by atomic mass is 16.5. The summed E-state index contributed by atoms with van der Waals surface area (Å²) < 4.78 is 5.72. The zero-order chi connectivity index (χ0) is 19.9. The summed E-state index contributed by atoms with van der Waals surface area (Å²) in [7, 11) is 0. The number of amides is 1. The Morgan fingerprint density at radius 2 is 1.89 bits per heavy atom. The van der Waals surface area contributed by atoms with Gasteiger partial charge in [-0.1, -0.05) is 18.2 Å². The van der Waals surface area contributed by atoms with Gasteiger partial charge in [0.05, 0.1) is 35.3 Å². The first-order chi connectivity index (χ1) is 13.5. The molecule has 2 N–H and O–H groups in total. The predicted octanol–water partition coefficient (Wildman–Crippen LogP) is 4.74. The Bertz CT molecular complexity index is 1010. The van der Waals surface area contributed by atoms with Crippen LogP contribution in [0.15, 0.2) is 66.9 Å². The Balaban J connectivity index is 1.70. The van der Waals surface area contributed by atoms with Crippen LogP contribution in [0.5, 0.6) is 5.75 Å². The van der Waals surface area contributed by atoms with Crippen LogP contribution in [-0.2, 0) is 0 Å². The maximum absolute atomic E-state index is 12.5. The fourth-order valence-corrected chi connectivity index (χ4v) is 2.55. The number of para-hydroxylation sites is 2. The molecule has 140 valence electrons. The number of nitrogens with zero attached hydrogens (tertiary/aromatic N) is 2. The number of hydrogen-bond donors (Lipinski definition) is 2. The minimum atomic E-state index is -0.321. The number of hydrogen-bond acceptors (Lipinski definition) is 5. The predicted molar refractivity (Wildman–Crippen MR) is 109 cm³/mol. The lowest BCUT2D eigenvalue weighted by atomic mass is 10.2. The molecule has 0 saturated heterocycles. The molecule has 0 fully saturated rings. The minimum absolute atomic E-state index is 0.000991. The van der Waals surface area contributed by atoms with E-state index in [1.165, 1.54) is 0 Å². The fraction of sp³-hybridized carbons (Fsp3) is 0.136. The fourth-order valence-electron chi connectivity index (χ4n) is 2.55. The van der Waals surface area contributed by atoms with Crippen LogP contribution in [0.2, 0.25) is 0 Å². The van der Waals surface area contributed by atoms with Crippen molar-refractivity contribution in [1.29, 1.82) is 5.26 Å². The second-order valence-corrected chi connectivity index (χ2v) is 6.37. The van der Waals surface area contributed by atoms with E-state index in [1.54, 1.807) is 42.6 Å². The van der Waals surface area contributed by atoms with Crippen molar-refractivity contribution in [2.45, 2.75) is 20.0 Å². The number of benzene rings is 2. The standard InChI is InChI=1S/C22H20N4O2/c1-15(2)28-21-9-4-3-8-19(21)26-22(27)20-11-10-18(14-24-20)25-17-7-5-6-16(12-17)13-23/h3-12,14-15,25H,1-2H3,(H,26,27). The van der Waals surface area contributed by atoms with Crippen LogP contribution in [0.3, 0.4) is 0 Å². The highest BCUT2D eigenvalue weighted by Gasteiger charge is 2.12. The first-order valence-corrected chi connectivity index (χ1v) is 8.85. The van der Waals surface area contributed by atoms with Crippen LogP contribution in [0, 0.1) is 11.3 Å². The second-order valence-electron chi connectivity index (χ2n) is 6.37. The lowest BCUT2D eigenvalue weighted by molar-refractivity contribution is 0.102. The Morgan fingerprint density at radius 1 is 1.07 bits per heavy atom. The van der Waals surface area contributed by atoms with Crippen molar-refractivity contribution in [2.75, 3.05) is 10.6 Å². The Labute approximate surface area is 163 Å². The van der Waals surface area contributed by atoms with Crippen molar-refractivity contribution in [2.24, 2.45) is 0 Å². The number of carbonyl (C=O) groups is 1. The van der Waals surface area contributed by atoms with E-state index >= 15 is 0 Å². The van der Waals surface area contributed by atoms with Crippen LogP contribution in [-0.4, -0.2) is 17.0 Å². The normalized spacial score (nSPS) is 10.2. The van der Waals surface area contributed by atoms with Crippen molar-refractivity contribution < 1.29 is 9.53 Å². The largest absolute Gasteiger partial charge is 0.489 e. The first kappa shape index (κ1) is 18.9. The molecule has 0 radical (unpaired) electrons. The average molecular weight is 372 g/mol. The molecule has 0 unspecified atom stereocenters. The summed E-state index contributed by atoms with van der Waals surface area (Å²) in [6, 6.07) is 19.9. The van der Waals surface area contributed by atoms with E-state index in [4.69, 9.17) is 10.00 Å². The van der Waals surface area contributed by atoms with E-state index in [0.29, 0.717) is 17.0 Å². The maximum Gasteiger partial charge on any atom is 0.274 e. The number of nitrogens with one attached hydrogen (secondary N) is 2. The molecule has 0 atom stereocenters. The summed E-state index contributed by atoms with van der Waals surface area (Å²) in [5.74, 6) is 0.291. The number of aromatic nitrogens is 1. The van der Waals surface area contributed by atoms with Gasteiger partial charge in [0.15, 0.2) is 0 Å². The number of ether oxygens (including phenoxy) is 1. The lowest BCUT2D eigenvalue weighted by Crippen LogP contribution is -2.15. The molecule has 0 aliphatic carbocycles. The summed E-state index contributed by atoms with van der Waals surface area (Å²) >= 11 is 0. The van der Waals surface area contributed by atoms with Crippen LogP contribution < -0.4 is 15.4 Å². The van der Waals surface area contributed by atoms with Crippen LogP contribution >= 0.6 is 0 Å². The molecule has 0 spiro atoms. The van der Waals surface area contributed by atoms with Gasteiger partial charge in [0.25, 0.3) is 5.91 Å². The van der Waals surface area contributed by atoms with Gasteiger partial charge in [0.2, 0.25) is 0 Å². The first-order valence-electron chi connectivity index (χ1n) is 8.85. The lowest BCUT2D eigenvalue weighted by Gasteiger charge is -2.14. The molecule has 3 aromatic rings. The van der Waals surface area contributed by atoms with Crippen molar-refractivity contribution in [1.82, 2.24) is 4.98 Å². The molecule has 0 saturated carbocycles. The molecule has 1 heterocycles. The summed E-state index contributed by atoms with van der Waals surface area (Å²) in [5, 5.41) is 15.0. The highest BCUT2D eigenvalue weighted by molar-refractivity contribution is 6.03. The Hall–Kier alpha value is -3.85. The molecule has 0 bridgehead atoms. The Kier molecular flexibility index (Phi) is 5.87. The van der Waals surface area contributed by atoms with Gasteiger partial charge in [0.1, 0.15) is 11.4 Å². The number of nitriles is 1. The van der Waals surface area contributed by atoms with Crippen LogP contribution in [0.4, 0.5) is 17.1 Å². The zero-order valence-corrected chi connectivity index (χ0v) is 15.6. The summed E-state index contributed by atoms with van der Waals surface area (Å²) in [4.78, 5) is 16.7. The third kappa shape index (κ3) is 4.86. The number of carbonyl (C=O) groups excluding carboxylic acids is 1. The van der Waals surface area contributed by atoms with Gasteiger partial charge >= 0.3 is 0 Å². The summed E-state index contributed by atoms with van der Waals surface area (Å²) in [6.45, 7) is 3.86. The highest BCUT2D eigenvalue weighted by Crippen LogP contribution is 2.25. The average Bonchev–Trinajstić information content (AvgIpc) is 2.70. The molecular weight excluding hydrogens is 352 g/mol. The van der Waals surface area contributed by atoms with Gasteiger partial charge in [0, 0.05) is 5.69 Å². The van der Waals surface area contributed by atoms with E-state index in [1.807, 2.05) is 38.1 Å². The minimum Gasteiger partial charge on any atom is -0.489 e. The molecule has 2 aromatic carbocycles. The molecule has 0 aliphatic heterocycles. The van der Waals surface area contributed by atoms with Gasteiger partial charge in [-0.25, -0.2) is 4.98 Å². The quantitative estimate of drug-likeness (QED) is 0.653. The summed E-state index contributed by atoms with van der Waals surface area (Å²) in [6.07, 6.45) is 1.57. The number of pyridine rings is 1. The van der Waals surface area contributed by atoms with Crippen LogP contribution in [0.1, 0.15) is 29.9 Å². The van der Waals surface area contributed by atoms with Gasteiger partial charge in [-0.2, -0.15) is 5.26 Å². The van der Waals surface area contributed by atoms with Crippen molar-refractivity contribution in [3.05, 3.63) is 78.1 Å². The summed E-state index contributed by atoms with van der Waals surface area (Å²) in [5.41, 5.74) is 2.94. The number of rotatable bonds is 6. The van der Waals surface area contributed by atoms with E-state index in [-0.39, 0.29) is 17.7 Å². The van der Waals surface area contributed by atoms with E-state index < -0.39 is 0 Å². The zero-order valence-electron chi connectivity index (χ0n) is 15.6. The molecule has 1 amide bonds. The van der Waals surface area contributed by atoms with Crippen molar-refractivity contribution in [3.63, 3.8) is 0 Å². The Morgan fingerprint density at radius 3 is 2.61 bits per heavy atom. The second kappa shape index (κ2) is 8.69. The molecule has 6 nitrogen and oxygen atoms in total. The van der Waals surface area contributed by atoms with Gasteiger partial charge in [-0.15, -0.1) is 0 Å². The molecule has 28 heavy (non-hydrogen) atoms. The third-order valence-electron chi connectivity index (χ3n) is 3.77. The van der Waals surface area contributed by atoms with Gasteiger partial charge < -0.3 is 15.4 Å². The molecular formula is C22H20N4O2. The third-order valence-corrected chi connectivity index (χ3v) is 3.77. The van der Waals surface area contributed by atoms with E-state index in [2.05, 4.69) is 21.7 Å². The van der Waals surface area contributed by atoms with E-state index in [9.17, 15) is 4.79 Å². The number of anilines is 3. The molecule has 1 aromatic heterocycles. The molecule has 0 aliphatic rings. The maximum atomic E-state index is 12.5. The van der Waals surface area contributed by atoms with Crippen molar-refractivity contribution in [3.8, 4) is 11.8 Å². The van der Waals surface area contributed by atoms with E-state index in [0.717, 1.165) is 11.4 Å². The molecule has 3 rings (SSSR count). The molecule has 6 heteroatoms. The van der Waals surface area contributed by atoms with Crippen molar-refractivity contribution >= 4 is 23.0 Å². The smallest absolute Gasteiger partial charge is 0.274 e. The SMILES string of the molecule is CC(C)Oc1ccccc1NC(=O)c1ccc(Nc2cccc(C#N)c2)cn1. The monoisotopic (exact) mass is 372 g/mol.